The summed E-state index contributed by atoms with van der Waals surface area (Å²) in [6.07, 6.45) is 1.83. The zero-order valence-electron chi connectivity index (χ0n) is 11.1. The van der Waals surface area contributed by atoms with Crippen molar-refractivity contribution in [2.24, 2.45) is 5.92 Å². The maximum atomic E-state index is 12.3. The standard InChI is InChI=1S/C14H18F2N2O2/c15-14(16)20-12-6-2-1-4-10(12)9-18-13(19)11-5-3-7-17-8-11/h1-2,4,6,11,14,17H,3,5,7-9H2,(H,18,19)/t11-/m0/s1. The minimum Gasteiger partial charge on any atom is -0.434 e. The van der Waals surface area contributed by atoms with Gasteiger partial charge in [0.15, 0.2) is 0 Å². The van der Waals surface area contributed by atoms with E-state index in [1.54, 1.807) is 18.2 Å². The average molecular weight is 284 g/mol. The predicted octanol–water partition coefficient (Wildman–Crippen LogP) is 1.90. The summed E-state index contributed by atoms with van der Waals surface area (Å²) >= 11 is 0. The van der Waals surface area contributed by atoms with E-state index in [9.17, 15) is 13.6 Å². The lowest BCUT2D eigenvalue weighted by Gasteiger charge is -2.22. The van der Waals surface area contributed by atoms with Gasteiger partial charge in [-0.2, -0.15) is 8.78 Å². The third kappa shape index (κ3) is 4.16. The molecule has 0 aliphatic carbocycles. The molecule has 1 aromatic rings. The Labute approximate surface area is 116 Å². The number of benzene rings is 1. The van der Waals surface area contributed by atoms with Gasteiger partial charge in [-0.25, -0.2) is 0 Å². The summed E-state index contributed by atoms with van der Waals surface area (Å²) in [5.41, 5.74) is 0.546. The summed E-state index contributed by atoms with van der Waals surface area (Å²) < 4.78 is 29.0. The molecule has 0 radical (unpaired) electrons. The fourth-order valence-corrected chi connectivity index (χ4v) is 2.26. The van der Waals surface area contributed by atoms with Crippen LogP contribution in [0.15, 0.2) is 24.3 Å². The van der Waals surface area contributed by atoms with E-state index in [0.29, 0.717) is 12.1 Å². The number of alkyl halides is 2. The van der Waals surface area contributed by atoms with Gasteiger partial charge in [0.25, 0.3) is 0 Å². The quantitative estimate of drug-likeness (QED) is 0.868. The summed E-state index contributed by atoms with van der Waals surface area (Å²) in [5.74, 6) is 0.000508. The van der Waals surface area contributed by atoms with E-state index in [4.69, 9.17) is 0 Å². The highest BCUT2D eigenvalue weighted by molar-refractivity contribution is 5.79. The minimum absolute atomic E-state index is 0.0491. The Bertz CT molecular complexity index is 449. The Morgan fingerprint density at radius 1 is 1.45 bits per heavy atom. The summed E-state index contributed by atoms with van der Waals surface area (Å²) in [4.78, 5) is 12.0. The lowest BCUT2D eigenvalue weighted by atomic mass is 9.99. The lowest BCUT2D eigenvalue weighted by Crippen LogP contribution is -2.40. The molecule has 1 heterocycles. The number of piperidine rings is 1. The molecule has 0 saturated carbocycles. The van der Waals surface area contributed by atoms with Gasteiger partial charge >= 0.3 is 6.61 Å². The zero-order valence-corrected chi connectivity index (χ0v) is 11.1. The summed E-state index contributed by atoms with van der Waals surface area (Å²) in [6, 6.07) is 6.48. The van der Waals surface area contributed by atoms with Crippen molar-refractivity contribution in [2.45, 2.75) is 26.0 Å². The molecular formula is C14H18F2N2O2. The number of rotatable bonds is 5. The van der Waals surface area contributed by atoms with E-state index in [2.05, 4.69) is 15.4 Å². The Morgan fingerprint density at radius 2 is 2.25 bits per heavy atom. The fourth-order valence-electron chi connectivity index (χ4n) is 2.26. The van der Waals surface area contributed by atoms with E-state index in [-0.39, 0.29) is 24.1 Å². The number of ether oxygens (including phenoxy) is 1. The first kappa shape index (κ1) is 14.7. The maximum absolute atomic E-state index is 12.3. The van der Waals surface area contributed by atoms with Crippen LogP contribution >= 0.6 is 0 Å². The highest BCUT2D eigenvalue weighted by Crippen LogP contribution is 2.20. The zero-order chi connectivity index (χ0) is 14.4. The van der Waals surface area contributed by atoms with Crippen molar-refractivity contribution in [1.29, 1.82) is 0 Å². The molecule has 6 heteroatoms. The molecule has 0 unspecified atom stereocenters. The van der Waals surface area contributed by atoms with Crippen molar-refractivity contribution in [3.05, 3.63) is 29.8 Å². The summed E-state index contributed by atoms with van der Waals surface area (Å²) in [5, 5.41) is 5.95. The predicted molar refractivity (Wildman–Crippen MR) is 70.5 cm³/mol. The number of hydrogen-bond donors (Lipinski definition) is 2. The Balaban J connectivity index is 1.91. The Hall–Kier alpha value is -1.69. The van der Waals surface area contributed by atoms with Gasteiger partial charge in [-0.1, -0.05) is 18.2 Å². The molecule has 1 aromatic carbocycles. The molecule has 1 aliphatic rings. The third-order valence-electron chi connectivity index (χ3n) is 3.31. The third-order valence-corrected chi connectivity index (χ3v) is 3.31. The van der Waals surface area contributed by atoms with Crippen LogP contribution in [0.4, 0.5) is 8.78 Å². The molecule has 2 N–H and O–H groups in total. The van der Waals surface area contributed by atoms with Gasteiger partial charge in [-0.15, -0.1) is 0 Å². The smallest absolute Gasteiger partial charge is 0.387 e. The number of halogens is 2. The van der Waals surface area contributed by atoms with Crippen molar-refractivity contribution in [2.75, 3.05) is 13.1 Å². The van der Waals surface area contributed by atoms with Crippen LogP contribution in [0.25, 0.3) is 0 Å². The number of para-hydroxylation sites is 1. The van der Waals surface area contributed by atoms with E-state index >= 15 is 0 Å². The van der Waals surface area contributed by atoms with Gasteiger partial charge in [-0.3, -0.25) is 4.79 Å². The highest BCUT2D eigenvalue weighted by atomic mass is 19.3. The normalized spacial score (nSPS) is 18.9. The monoisotopic (exact) mass is 284 g/mol. The van der Waals surface area contributed by atoms with Crippen LogP contribution in [-0.2, 0) is 11.3 Å². The van der Waals surface area contributed by atoms with Gasteiger partial charge in [0.2, 0.25) is 5.91 Å². The van der Waals surface area contributed by atoms with Crippen LogP contribution < -0.4 is 15.4 Å². The molecule has 0 spiro atoms. The second-order valence-electron chi connectivity index (χ2n) is 4.75. The van der Waals surface area contributed by atoms with Crippen molar-refractivity contribution in [3.8, 4) is 5.75 Å². The first-order valence-electron chi connectivity index (χ1n) is 6.68. The number of carbonyl (C=O) groups is 1. The summed E-state index contributed by atoms with van der Waals surface area (Å²) in [7, 11) is 0. The molecule has 1 aliphatic heterocycles. The van der Waals surface area contributed by atoms with Crippen molar-refractivity contribution in [1.82, 2.24) is 10.6 Å². The van der Waals surface area contributed by atoms with Crippen molar-refractivity contribution < 1.29 is 18.3 Å². The van der Waals surface area contributed by atoms with E-state index in [1.165, 1.54) is 6.07 Å². The van der Waals surface area contributed by atoms with Crippen LogP contribution in [-0.4, -0.2) is 25.6 Å². The molecule has 0 bridgehead atoms. The molecule has 2 rings (SSSR count). The number of nitrogens with one attached hydrogen (secondary N) is 2. The first-order chi connectivity index (χ1) is 9.66. The second kappa shape index (κ2) is 7.19. The van der Waals surface area contributed by atoms with Crippen LogP contribution in [0, 0.1) is 5.92 Å². The highest BCUT2D eigenvalue weighted by Gasteiger charge is 2.20. The van der Waals surface area contributed by atoms with Crippen LogP contribution in [0.1, 0.15) is 18.4 Å². The minimum atomic E-state index is -2.87. The van der Waals surface area contributed by atoms with Gasteiger partial charge in [-0.05, 0) is 25.5 Å². The molecule has 0 aromatic heterocycles. The molecular weight excluding hydrogens is 266 g/mol. The topological polar surface area (TPSA) is 50.4 Å². The Morgan fingerprint density at radius 3 is 2.95 bits per heavy atom. The SMILES string of the molecule is O=C(NCc1ccccc1OC(F)F)[C@H]1CCCNC1. The number of hydrogen-bond acceptors (Lipinski definition) is 3. The van der Waals surface area contributed by atoms with Crippen molar-refractivity contribution in [3.63, 3.8) is 0 Å². The van der Waals surface area contributed by atoms with Gasteiger partial charge < -0.3 is 15.4 Å². The lowest BCUT2D eigenvalue weighted by molar-refractivity contribution is -0.125. The van der Waals surface area contributed by atoms with E-state index < -0.39 is 6.61 Å². The van der Waals surface area contributed by atoms with Gasteiger partial charge in [0, 0.05) is 18.7 Å². The number of carbonyl (C=O) groups excluding carboxylic acids is 1. The Kier molecular flexibility index (Phi) is 5.29. The van der Waals surface area contributed by atoms with Crippen LogP contribution in [0.5, 0.6) is 5.75 Å². The second-order valence-corrected chi connectivity index (χ2v) is 4.75. The number of amides is 1. The first-order valence-corrected chi connectivity index (χ1v) is 6.68. The molecule has 110 valence electrons. The van der Waals surface area contributed by atoms with Gasteiger partial charge in [0.1, 0.15) is 5.75 Å². The van der Waals surface area contributed by atoms with E-state index in [0.717, 1.165) is 19.4 Å². The van der Waals surface area contributed by atoms with Gasteiger partial charge in [0.05, 0.1) is 5.92 Å². The van der Waals surface area contributed by atoms with Crippen molar-refractivity contribution >= 4 is 5.91 Å². The molecule has 4 nitrogen and oxygen atoms in total. The molecule has 1 amide bonds. The largest absolute Gasteiger partial charge is 0.434 e. The molecule has 1 saturated heterocycles. The van der Waals surface area contributed by atoms with E-state index in [1.807, 2.05) is 0 Å². The average Bonchev–Trinajstić information content (AvgIpc) is 2.46. The molecule has 1 fully saturated rings. The summed E-state index contributed by atoms with van der Waals surface area (Å²) in [6.45, 7) is -1.07. The molecule has 20 heavy (non-hydrogen) atoms. The maximum Gasteiger partial charge on any atom is 0.387 e. The van der Waals surface area contributed by atoms with Crippen LogP contribution in [0.2, 0.25) is 0 Å². The van der Waals surface area contributed by atoms with Crippen LogP contribution in [0.3, 0.4) is 0 Å². The fraction of sp³-hybridized carbons (Fsp3) is 0.500. The molecule has 1 atom stereocenters.